The zero-order valence-electron chi connectivity index (χ0n) is 19.6. The first kappa shape index (κ1) is 21.2. The van der Waals surface area contributed by atoms with E-state index < -0.39 is 0 Å². The van der Waals surface area contributed by atoms with E-state index in [1.807, 2.05) is 6.08 Å². The van der Waals surface area contributed by atoms with Crippen LogP contribution in [0.5, 0.6) is 0 Å². The molecule has 1 aromatic rings. The van der Waals surface area contributed by atoms with E-state index in [-0.39, 0.29) is 5.41 Å². The molecule has 0 bridgehead atoms. The zero-order valence-corrected chi connectivity index (χ0v) is 19.6. The molecule has 2 heteroatoms. The highest BCUT2D eigenvalue weighted by atomic mass is 16.1. The number of carbonyl (C=O) groups is 1. The number of fused-ring (bicyclic) bond motifs is 5. The van der Waals surface area contributed by atoms with Crippen LogP contribution in [0.4, 0.5) is 0 Å². The molecule has 166 valence electrons. The number of hydrogen-bond acceptors (Lipinski definition) is 2. The fraction of sp³-hybridized carbons (Fsp3) is 0.621. The number of benzene rings is 1. The fourth-order valence-electron chi connectivity index (χ4n) is 8.15. The highest BCUT2D eigenvalue weighted by Gasteiger charge is 2.58. The highest BCUT2D eigenvalue weighted by molar-refractivity contribution is 5.92. The van der Waals surface area contributed by atoms with Crippen molar-refractivity contribution in [1.29, 1.82) is 0 Å². The number of nitrogens with one attached hydrogen (secondary N) is 1. The summed E-state index contributed by atoms with van der Waals surface area (Å²) in [5.74, 6) is 4.08. The van der Waals surface area contributed by atoms with E-state index >= 15 is 0 Å². The molecule has 0 spiro atoms. The quantitative estimate of drug-likeness (QED) is 0.606. The van der Waals surface area contributed by atoms with Gasteiger partial charge >= 0.3 is 0 Å². The van der Waals surface area contributed by atoms with Crippen LogP contribution in [-0.4, -0.2) is 12.3 Å². The second kappa shape index (κ2) is 8.03. The molecule has 5 rings (SSSR count). The van der Waals surface area contributed by atoms with E-state index in [0.717, 1.165) is 43.7 Å². The summed E-state index contributed by atoms with van der Waals surface area (Å²) < 4.78 is 0. The molecule has 0 saturated heterocycles. The Morgan fingerprint density at radius 2 is 1.87 bits per heavy atom. The van der Waals surface area contributed by atoms with Crippen LogP contribution in [0.3, 0.4) is 0 Å². The Morgan fingerprint density at radius 3 is 2.68 bits per heavy atom. The number of ketones is 1. The number of carbonyl (C=O) groups excluding carboxylic acids is 1. The monoisotopic (exact) mass is 417 g/mol. The Morgan fingerprint density at radius 1 is 1.06 bits per heavy atom. The first-order valence-corrected chi connectivity index (χ1v) is 12.6. The molecule has 2 saturated carbocycles. The third kappa shape index (κ3) is 3.55. The Kier molecular flexibility index (Phi) is 5.49. The first-order valence-electron chi connectivity index (χ1n) is 12.6. The molecule has 7 atom stereocenters. The van der Waals surface area contributed by atoms with Crippen LogP contribution < -0.4 is 5.32 Å². The molecule has 1 unspecified atom stereocenters. The molecule has 1 aromatic carbocycles. The summed E-state index contributed by atoms with van der Waals surface area (Å²) >= 11 is 0. The summed E-state index contributed by atoms with van der Waals surface area (Å²) in [5.41, 5.74) is 3.37. The molecule has 4 aliphatic carbocycles. The summed E-state index contributed by atoms with van der Waals surface area (Å²) in [5, 5.41) is 3.74. The smallest absolute Gasteiger partial charge is 0.156 e. The minimum Gasteiger partial charge on any atom is -0.312 e. The van der Waals surface area contributed by atoms with Crippen LogP contribution in [0, 0.1) is 40.4 Å². The maximum atomic E-state index is 12.0. The molecular formula is C29H39NO. The molecule has 1 N–H and O–H groups in total. The van der Waals surface area contributed by atoms with Gasteiger partial charge in [-0.05, 0) is 96.3 Å². The lowest BCUT2D eigenvalue weighted by Crippen LogP contribution is -2.49. The molecule has 2 fully saturated rings. The molecule has 2 nitrogen and oxygen atoms in total. The van der Waals surface area contributed by atoms with Gasteiger partial charge in [0.2, 0.25) is 0 Å². The van der Waals surface area contributed by atoms with Crippen molar-refractivity contribution < 1.29 is 4.79 Å². The summed E-state index contributed by atoms with van der Waals surface area (Å²) in [6.07, 6.45) is 14.0. The topological polar surface area (TPSA) is 29.1 Å². The van der Waals surface area contributed by atoms with Crippen LogP contribution >= 0.6 is 0 Å². The lowest BCUT2D eigenvalue weighted by Gasteiger charge is -2.56. The van der Waals surface area contributed by atoms with Crippen LogP contribution in [0.2, 0.25) is 0 Å². The van der Waals surface area contributed by atoms with Gasteiger partial charge in [-0.15, -0.1) is 0 Å². The number of hydrogen-bond donors (Lipinski definition) is 1. The summed E-state index contributed by atoms with van der Waals surface area (Å²) in [4.78, 5) is 12.0. The third-order valence-corrected chi connectivity index (χ3v) is 9.91. The van der Waals surface area contributed by atoms with Gasteiger partial charge in [0.05, 0.1) is 0 Å². The van der Waals surface area contributed by atoms with Gasteiger partial charge in [-0.2, -0.15) is 0 Å². The van der Waals surface area contributed by atoms with Gasteiger partial charge in [0.1, 0.15) is 0 Å². The van der Waals surface area contributed by atoms with Crippen molar-refractivity contribution in [1.82, 2.24) is 5.32 Å². The summed E-state index contributed by atoms with van der Waals surface area (Å²) in [6, 6.07) is 10.8. The summed E-state index contributed by atoms with van der Waals surface area (Å²) in [6.45, 7) is 9.63. The molecule has 0 aliphatic heterocycles. The van der Waals surface area contributed by atoms with Gasteiger partial charge in [0.25, 0.3) is 0 Å². The van der Waals surface area contributed by atoms with Crippen LogP contribution in [-0.2, 0) is 11.3 Å². The Bertz CT molecular complexity index is 885. The molecular weight excluding hydrogens is 378 g/mol. The highest BCUT2D eigenvalue weighted by Crippen LogP contribution is 2.66. The largest absolute Gasteiger partial charge is 0.312 e. The van der Waals surface area contributed by atoms with Gasteiger partial charge in [-0.1, -0.05) is 63.3 Å². The van der Waals surface area contributed by atoms with Crippen molar-refractivity contribution in [2.75, 3.05) is 6.54 Å². The third-order valence-electron chi connectivity index (χ3n) is 9.91. The Hall–Kier alpha value is -1.67. The predicted molar refractivity (Wildman–Crippen MR) is 127 cm³/mol. The van der Waals surface area contributed by atoms with Crippen molar-refractivity contribution in [3.8, 4) is 0 Å². The molecule has 4 aliphatic rings. The lowest BCUT2D eigenvalue weighted by atomic mass is 9.48. The molecule has 0 radical (unpaired) electrons. The molecule has 31 heavy (non-hydrogen) atoms. The molecule has 0 aromatic heterocycles. The normalized spacial score (nSPS) is 40.0. The second-order valence-corrected chi connectivity index (χ2v) is 11.5. The van der Waals surface area contributed by atoms with Crippen molar-refractivity contribution in [2.24, 2.45) is 40.4 Å². The van der Waals surface area contributed by atoms with Crippen LogP contribution in [0.15, 0.2) is 54.1 Å². The maximum absolute atomic E-state index is 12.0. The van der Waals surface area contributed by atoms with Gasteiger partial charge < -0.3 is 5.32 Å². The van der Waals surface area contributed by atoms with E-state index in [4.69, 9.17) is 0 Å². The maximum Gasteiger partial charge on any atom is 0.156 e. The Labute approximate surface area is 188 Å². The van der Waals surface area contributed by atoms with Crippen molar-refractivity contribution in [3.05, 3.63) is 59.7 Å². The van der Waals surface area contributed by atoms with Crippen molar-refractivity contribution >= 4 is 5.78 Å². The van der Waals surface area contributed by atoms with E-state index in [9.17, 15) is 4.79 Å². The Balaban J connectivity index is 1.29. The van der Waals surface area contributed by atoms with E-state index in [1.165, 1.54) is 36.8 Å². The van der Waals surface area contributed by atoms with Crippen molar-refractivity contribution in [2.45, 2.75) is 65.8 Å². The standard InChI is InChI=1S/C29H39NO/c1-20(18-30-19-21-7-5-4-6-8-21)25-11-12-26-24-10-9-22-17-23(31)13-15-28(22,2)27(24)14-16-29(25,26)3/h4-10,17,20,24-27,30H,11-16,18-19H2,1-3H3/t20-,24+,25-,26+,27+,28?,29-/m1/s1. The SMILES string of the molecule is C[C@H](CNCc1ccccc1)[C@H]1CC[C@H]2[C@@H]3C=CC4=CC(=O)CCC4(C)[C@H]3CC[C@]12C. The van der Waals surface area contributed by atoms with Crippen LogP contribution in [0.25, 0.3) is 0 Å². The van der Waals surface area contributed by atoms with Gasteiger partial charge in [0, 0.05) is 13.0 Å². The average molecular weight is 418 g/mol. The van der Waals surface area contributed by atoms with Gasteiger partial charge in [-0.25, -0.2) is 0 Å². The minimum atomic E-state index is 0.218. The van der Waals surface area contributed by atoms with E-state index in [1.54, 1.807) is 0 Å². The van der Waals surface area contributed by atoms with E-state index in [0.29, 0.717) is 23.0 Å². The summed E-state index contributed by atoms with van der Waals surface area (Å²) in [7, 11) is 0. The predicted octanol–water partition coefficient (Wildman–Crippen LogP) is 6.34. The number of rotatable bonds is 5. The average Bonchev–Trinajstić information content (AvgIpc) is 3.12. The number of allylic oxidation sites excluding steroid dienone is 4. The van der Waals surface area contributed by atoms with Gasteiger partial charge in [-0.3, -0.25) is 4.79 Å². The lowest BCUT2D eigenvalue weighted by molar-refractivity contribution is -0.116. The molecule has 0 amide bonds. The minimum absolute atomic E-state index is 0.218. The van der Waals surface area contributed by atoms with Crippen LogP contribution in [0.1, 0.15) is 64.9 Å². The van der Waals surface area contributed by atoms with E-state index in [2.05, 4.69) is 68.6 Å². The van der Waals surface area contributed by atoms with Crippen molar-refractivity contribution in [3.63, 3.8) is 0 Å². The molecule has 0 heterocycles. The fourth-order valence-corrected chi connectivity index (χ4v) is 8.15. The second-order valence-electron chi connectivity index (χ2n) is 11.5. The van der Waals surface area contributed by atoms with Gasteiger partial charge in [0.15, 0.2) is 5.78 Å². The first-order chi connectivity index (χ1) is 14.9. The zero-order chi connectivity index (χ0) is 21.6.